The molecular weight excluding hydrogens is 192 g/mol. The lowest BCUT2D eigenvalue weighted by molar-refractivity contribution is -0.0000935. The van der Waals surface area contributed by atoms with Crippen LogP contribution < -0.4 is 5.32 Å². The molecule has 0 radical (unpaired) electrons. The molecule has 1 aromatic rings. The van der Waals surface area contributed by atoms with Crippen molar-refractivity contribution >= 4 is 0 Å². The Bertz CT molecular complexity index is 295. The molecule has 1 aromatic heterocycles. The Morgan fingerprint density at radius 3 is 2.87 bits per heavy atom. The first kappa shape index (κ1) is 12.2. The van der Waals surface area contributed by atoms with Crippen molar-refractivity contribution in [3.05, 3.63) is 17.8 Å². The number of methoxy groups -OCH3 is 1. The van der Waals surface area contributed by atoms with E-state index in [2.05, 4.69) is 17.2 Å². The Labute approximate surface area is 91.0 Å². The summed E-state index contributed by atoms with van der Waals surface area (Å²) in [6.07, 6.45) is 2.58. The van der Waals surface area contributed by atoms with Crippen LogP contribution >= 0.6 is 0 Å². The Kier molecular flexibility index (Phi) is 4.29. The topological polar surface area (TPSA) is 47.3 Å². The van der Waals surface area contributed by atoms with Crippen LogP contribution in [0.3, 0.4) is 0 Å². The van der Waals surface area contributed by atoms with E-state index < -0.39 is 5.60 Å². The monoisotopic (exact) mass is 212 g/mol. The lowest BCUT2D eigenvalue weighted by Gasteiger charge is -2.20. The van der Waals surface area contributed by atoms with Gasteiger partial charge in [0, 0.05) is 13.7 Å². The van der Waals surface area contributed by atoms with E-state index in [0.717, 1.165) is 31.0 Å². The highest BCUT2D eigenvalue weighted by atomic mass is 16.5. The third-order valence-electron chi connectivity index (χ3n) is 2.42. The predicted octanol–water partition coefficient (Wildman–Crippen LogP) is 2.06. The molecule has 0 aliphatic carbocycles. The van der Waals surface area contributed by atoms with Gasteiger partial charge in [-0.15, -0.1) is 0 Å². The van der Waals surface area contributed by atoms with Crippen LogP contribution in [0.4, 0.5) is 0 Å². The van der Waals surface area contributed by atoms with Gasteiger partial charge in [-0.2, -0.15) is 0 Å². The van der Waals surface area contributed by atoms with Gasteiger partial charge in [-0.1, -0.05) is 6.92 Å². The van der Waals surface area contributed by atoms with Crippen molar-refractivity contribution in [1.82, 2.24) is 10.3 Å². The second-order valence-corrected chi connectivity index (χ2v) is 4.02. The minimum absolute atomic E-state index is 0.417. The van der Waals surface area contributed by atoms with Gasteiger partial charge >= 0.3 is 0 Å². The molecule has 15 heavy (non-hydrogen) atoms. The highest BCUT2D eigenvalue weighted by Gasteiger charge is 2.27. The van der Waals surface area contributed by atoms with Crippen molar-refractivity contribution in [3.63, 3.8) is 0 Å². The van der Waals surface area contributed by atoms with Gasteiger partial charge in [0.05, 0.1) is 5.69 Å². The average Bonchev–Trinajstić information content (AvgIpc) is 2.67. The van der Waals surface area contributed by atoms with Crippen LogP contribution in [0.15, 0.2) is 10.8 Å². The molecule has 0 spiro atoms. The van der Waals surface area contributed by atoms with E-state index in [1.165, 1.54) is 6.39 Å². The Balaban J connectivity index is 2.69. The number of rotatable bonds is 6. The molecule has 0 atom stereocenters. The minimum atomic E-state index is -0.417. The van der Waals surface area contributed by atoms with Crippen LogP contribution in [0.5, 0.6) is 0 Å². The van der Waals surface area contributed by atoms with Gasteiger partial charge in [0.2, 0.25) is 0 Å². The Hall–Kier alpha value is -0.870. The molecule has 1 N–H and O–H groups in total. The van der Waals surface area contributed by atoms with Crippen molar-refractivity contribution in [2.24, 2.45) is 0 Å². The Morgan fingerprint density at radius 2 is 2.27 bits per heavy atom. The zero-order valence-corrected chi connectivity index (χ0v) is 9.96. The normalized spacial score (nSPS) is 12.0. The molecule has 0 aromatic carbocycles. The smallest absolute Gasteiger partial charge is 0.181 e. The number of ether oxygens (including phenoxy) is 1. The molecule has 0 bridgehead atoms. The van der Waals surface area contributed by atoms with Crippen molar-refractivity contribution in [3.8, 4) is 0 Å². The number of hydrogen-bond donors (Lipinski definition) is 1. The summed E-state index contributed by atoms with van der Waals surface area (Å²) in [7, 11) is 1.67. The molecule has 1 rings (SSSR count). The lowest BCUT2D eigenvalue weighted by atomic mass is 10.0. The van der Waals surface area contributed by atoms with Crippen LogP contribution in [0.2, 0.25) is 0 Å². The molecule has 0 unspecified atom stereocenters. The zero-order chi connectivity index (χ0) is 11.3. The van der Waals surface area contributed by atoms with E-state index in [1.54, 1.807) is 7.11 Å². The molecule has 86 valence electrons. The second-order valence-electron chi connectivity index (χ2n) is 4.02. The maximum atomic E-state index is 5.37. The van der Waals surface area contributed by atoms with Crippen LogP contribution in [0, 0.1) is 0 Å². The fraction of sp³-hybridized carbons (Fsp3) is 0.727. The highest BCUT2D eigenvalue weighted by molar-refractivity contribution is 5.14. The summed E-state index contributed by atoms with van der Waals surface area (Å²) in [5.74, 6) is 0.800. The van der Waals surface area contributed by atoms with Crippen LogP contribution in [-0.4, -0.2) is 18.6 Å². The number of aromatic nitrogens is 1. The van der Waals surface area contributed by atoms with Gasteiger partial charge in [0.1, 0.15) is 5.60 Å². The number of nitrogens with one attached hydrogen (secondary N) is 1. The zero-order valence-electron chi connectivity index (χ0n) is 9.96. The quantitative estimate of drug-likeness (QED) is 0.733. The largest absolute Gasteiger partial charge is 0.445 e. The molecule has 0 amide bonds. The van der Waals surface area contributed by atoms with E-state index in [4.69, 9.17) is 9.15 Å². The van der Waals surface area contributed by atoms with Gasteiger partial charge in [0.25, 0.3) is 0 Å². The summed E-state index contributed by atoms with van der Waals surface area (Å²) >= 11 is 0. The molecule has 0 saturated carbocycles. The highest BCUT2D eigenvalue weighted by Crippen LogP contribution is 2.26. The SMILES string of the molecule is CCCNCc1ncoc1C(C)(C)OC. The summed E-state index contributed by atoms with van der Waals surface area (Å²) in [6.45, 7) is 7.79. The minimum Gasteiger partial charge on any atom is -0.445 e. The predicted molar refractivity (Wildman–Crippen MR) is 58.5 cm³/mol. The molecule has 1 heterocycles. The van der Waals surface area contributed by atoms with Crippen LogP contribution in [0.25, 0.3) is 0 Å². The maximum absolute atomic E-state index is 5.37. The molecule has 0 aliphatic heterocycles. The van der Waals surface area contributed by atoms with Gasteiger partial charge < -0.3 is 14.5 Å². The van der Waals surface area contributed by atoms with E-state index in [1.807, 2.05) is 13.8 Å². The number of nitrogens with zero attached hydrogens (tertiary/aromatic N) is 1. The molecule has 4 nitrogen and oxygen atoms in total. The van der Waals surface area contributed by atoms with E-state index in [-0.39, 0.29) is 0 Å². The third-order valence-corrected chi connectivity index (χ3v) is 2.42. The fourth-order valence-corrected chi connectivity index (χ4v) is 1.36. The van der Waals surface area contributed by atoms with E-state index in [0.29, 0.717) is 0 Å². The van der Waals surface area contributed by atoms with E-state index in [9.17, 15) is 0 Å². The molecule has 0 saturated heterocycles. The maximum Gasteiger partial charge on any atom is 0.181 e. The van der Waals surface area contributed by atoms with Crippen LogP contribution in [0.1, 0.15) is 38.6 Å². The second kappa shape index (κ2) is 5.28. The van der Waals surface area contributed by atoms with Crippen LogP contribution in [-0.2, 0) is 16.9 Å². The van der Waals surface area contributed by atoms with Crippen molar-refractivity contribution < 1.29 is 9.15 Å². The number of hydrogen-bond acceptors (Lipinski definition) is 4. The first-order valence-electron chi connectivity index (χ1n) is 5.30. The standard InChI is InChI=1S/C11H20N2O2/c1-5-6-12-7-9-10(15-8-13-9)11(2,3)14-4/h8,12H,5-7H2,1-4H3. The molecule has 0 fully saturated rings. The summed E-state index contributed by atoms with van der Waals surface area (Å²) in [5.41, 5.74) is 0.509. The van der Waals surface area contributed by atoms with Crippen molar-refractivity contribution in [2.45, 2.75) is 39.3 Å². The molecule has 0 aliphatic rings. The first-order valence-corrected chi connectivity index (χ1v) is 5.30. The summed E-state index contributed by atoms with van der Waals surface area (Å²) in [6, 6.07) is 0. The number of oxazole rings is 1. The summed E-state index contributed by atoms with van der Waals surface area (Å²) in [4.78, 5) is 4.19. The van der Waals surface area contributed by atoms with Gasteiger partial charge in [-0.05, 0) is 26.8 Å². The van der Waals surface area contributed by atoms with Gasteiger partial charge in [-0.3, -0.25) is 0 Å². The van der Waals surface area contributed by atoms with Gasteiger partial charge in [-0.25, -0.2) is 4.98 Å². The lowest BCUT2D eigenvalue weighted by Crippen LogP contribution is -2.23. The van der Waals surface area contributed by atoms with Crippen molar-refractivity contribution in [1.29, 1.82) is 0 Å². The Morgan fingerprint density at radius 1 is 1.53 bits per heavy atom. The van der Waals surface area contributed by atoms with E-state index >= 15 is 0 Å². The third kappa shape index (κ3) is 3.04. The molecular formula is C11H20N2O2. The summed E-state index contributed by atoms with van der Waals surface area (Å²) < 4.78 is 10.7. The fourth-order valence-electron chi connectivity index (χ4n) is 1.36. The molecule has 4 heteroatoms. The van der Waals surface area contributed by atoms with Crippen molar-refractivity contribution in [2.75, 3.05) is 13.7 Å². The summed E-state index contributed by atoms with van der Waals surface area (Å²) in [5, 5.41) is 3.30. The van der Waals surface area contributed by atoms with Gasteiger partial charge in [0.15, 0.2) is 12.2 Å². The first-order chi connectivity index (χ1) is 7.11. The average molecular weight is 212 g/mol.